The Morgan fingerprint density at radius 2 is 0.786 bits per heavy atom. The first-order valence-electron chi connectivity index (χ1n) is 6.55. The zero-order chi connectivity index (χ0) is 22.6. The van der Waals surface area contributed by atoms with Crippen LogP contribution in [0.1, 0.15) is 13.8 Å². The molecule has 0 saturated carbocycles. The first-order valence-corrected chi connectivity index (χ1v) is 6.55. The van der Waals surface area contributed by atoms with Crippen LogP contribution < -0.4 is 10.6 Å². The van der Waals surface area contributed by atoms with Gasteiger partial charge in [-0.3, -0.25) is 60.7 Å². The minimum Gasteiger partial charge on any atom is -0.315 e. The Hall–Kier alpha value is -4.33. The summed E-state index contributed by atoms with van der Waals surface area (Å²) in [4.78, 5) is 65.3. The van der Waals surface area contributed by atoms with Gasteiger partial charge in [-0.25, -0.2) is 4.79 Å². The highest BCUT2D eigenvalue weighted by atomic mass is 16.7. The lowest BCUT2D eigenvalue weighted by Gasteiger charge is -2.19. The first kappa shape index (κ1) is 23.7. The smallest absolute Gasteiger partial charge is 0.315 e. The molecule has 0 rings (SSSR count). The lowest BCUT2D eigenvalue weighted by atomic mass is 10.1. The second-order valence-corrected chi connectivity index (χ2v) is 4.98. The van der Waals surface area contributed by atoms with Crippen LogP contribution in [0.25, 0.3) is 0 Å². The summed E-state index contributed by atoms with van der Waals surface area (Å²) in [5.74, 6) is -8.35. The van der Waals surface area contributed by atoms with Crippen molar-refractivity contribution in [2.24, 2.45) is 0 Å². The molecule has 2 atom stereocenters. The second kappa shape index (κ2) is 7.92. The highest BCUT2D eigenvalue weighted by Gasteiger charge is 2.77. The summed E-state index contributed by atoms with van der Waals surface area (Å²) < 4.78 is 0. The molecule has 2 amide bonds. The molecule has 2 unspecified atom stereocenters. The highest BCUT2D eigenvalue weighted by Crippen LogP contribution is 2.19. The van der Waals surface area contributed by atoms with Gasteiger partial charge in [-0.05, 0) is 13.8 Å². The van der Waals surface area contributed by atoms with Gasteiger partial charge in [-0.15, -0.1) is 0 Å². The van der Waals surface area contributed by atoms with Crippen molar-refractivity contribution in [2.45, 2.75) is 37.5 Å². The second-order valence-electron chi connectivity index (χ2n) is 4.98. The molecule has 0 heterocycles. The molecule has 0 aliphatic carbocycles. The van der Waals surface area contributed by atoms with Gasteiger partial charge >= 0.3 is 17.6 Å². The molecule has 21 heteroatoms. The van der Waals surface area contributed by atoms with Gasteiger partial charge in [0.05, 0.1) is 0 Å². The van der Waals surface area contributed by atoms with Gasteiger partial charge in [0.1, 0.15) is 0 Å². The lowest BCUT2D eigenvalue weighted by Crippen LogP contribution is -2.69. The molecule has 0 spiro atoms. The van der Waals surface area contributed by atoms with Crippen molar-refractivity contribution < 1.29 is 34.3 Å². The van der Waals surface area contributed by atoms with Crippen LogP contribution in [-0.2, 0) is 0 Å². The topological polar surface area (TPSA) is 300 Å². The summed E-state index contributed by atoms with van der Waals surface area (Å²) in [5, 5.41) is 67.8. The molecular formula is C7H10N8O13. The monoisotopic (exact) mass is 414 g/mol. The van der Waals surface area contributed by atoms with Crippen molar-refractivity contribution >= 4 is 6.03 Å². The fourth-order valence-electron chi connectivity index (χ4n) is 1.98. The van der Waals surface area contributed by atoms with Crippen LogP contribution >= 0.6 is 0 Å². The van der Waals surface area contributed by atoms with Crippen molar-refractivity contribution in [1.29, 1.82) is 0 Å². The third-order valence-electron chi connectivity index (χ3n) is 3.47. The fraction of sp³-hybridized carbons (Fsp3) is 0.857. The summed E-state index contributed by atoms with van der Waals surface area (Å²) in [7, 11) is 0. The van der Waals surface area contributed by atoms with Gasteiger partial charge < -0.3 is 10.6 Å². The van der Waals surface area contributed by atoms with Crippen molar-refractivity contribution in [1.82, 2.24) is 10.6 Å². The average molecular weight is 414 g/mol. The van der Waals surface area contributed by atoms with Gasteiger partial charge in [0, 0.05) is 0 Å². The van der Waals surface area contributed by atoms with E-state index >= 15 is 0 Å². The molecular weight excluding hydrogens is 404 g/mol. The zero-order valence-corrected chi connectivity index (χ0v) is 13.6. The maximum absolute atomic E-state index is 11.7. The van der Waals surface area contributed by atoms with Crippen LogP contribution in [0.2, 0.25) is 0 Å². The van der Waals surface area contributed by atoms with E-state index in [1.807, 2.05) is 0 Å². The third-order valence-corrected chi connectivity index (χ3v) is 3.47. The number of carbonyl (C=O) groups is 1. The van der Waals surface area contributed by atoms with Crippen LogP contribution in [-0.4, -0.2) is 59.2 Å². The van der Waals surface area contributed by atoms with Crippen LogP contribution in [0, 0.1) is 60.7 Å². The SMILES string of the molecule is CC(NC(=O)NC(C)C([N+](=O)[O-])([N+](=O)[O-])[N+](=O)[O-])C([N+](=O)[O-])([N+](=O)[O-])[N+](=O)[O-]. The molecule has 0 aliphatic rings. The first-order chi connectivity index (χ1) is 12.6. The number of nitrogens with zero attached hydrogens (tertiary/aromatic N) is 6. The molecule has 0 aromatic carbocycles. The number of carbonyl (C=O) groups excluding carboxylic acids is 1. The predicted octanol–water partition coefficient (Wildman–Crippen LogP) is -1.97. The van der Waals surface area contributed by atoms with Crippen molar-refractivity contribution in [2.75, 3.05) is 0 Å². The summed E-state index contributed by atoms with van der Waals surface area (Å²) in [6.07, 6.45) is 0. The van der Waals surface area contributed by atoms with E-state index in [0.29, 0.717) is 13.8 Å². The summed E-state index contributed by atoms with van der Waals surface area (Å²) in [6, 6.07) is -6.86. The number of rotatable bonds is 10. The molecule has 28 heavy (non-hydrogen) atoms. The Kier molecular flexibility index (Phi) is 6.69. The summed E-state index contributed by atoms with van der Waals surface area (Å²) in [5.41, 5.74) is 0. The summed E-state index contributed by atoms with van der Waals surface area (Å²) in [6.45, 7) is 0.917. The minimum absolute atomic E-state index is 0.459. The molecule has 0 bridgehead atoms. The van der Waals surface area contributed by atoms with Crippen molar-refractivity contribution in [3.05, 3.63) is 60.7 Å². The van der Waals surface area contributed by atoms with E-state index in [-0.39, 0.29) is 0 Å². The van der Waals surface area contributed by atoms with Gasteiger partial charge in [-0.2, -0.15) is 0 Å². The zero-order valence-electron chi connectivity index (χ0n) is 13.6. The van der Waals surface area contributed by atoms with E-state index in [1.165, 1.54) is 10.6 Å². The van der Waals surface area contributed by atoms with Crippen LogP contribution in [0.4, 0.5) is 4.79 Å². The predicted molar refractivity (Wildman–Crippen MR) is 78.0 cm³/mol. The number of nitrogens with one attached hydrogen (secondary N) is 2. The van der Waals surface area contributed by atoms with E-state index in [2.05, 4.69) is 0 Å². The van der Waals surface area contributed by atoms with Crippen LogP contribution in [0.15, 0.2) is 0 Å². The van der Waals surface area contributed by atoms with Crippen LogP contribution in [0.3, 0.4) is 0 Å². The Morgan fingerprint density at radius 3 is 0.929 bits per heavy atom. The number of urea groups is 1. The van der Waals surface area contributed by atoms with Crippen LogP contribution in [0.5, 0.6) is 0 Å². The standard InChI is InChI=1S/C7H10N8O13/c1-3(6(10(17)18,11(19)20)12(21)22)8-5(16)9-4(2)7(13(23)24,14(25)26)15(27)28/h3-4H,1-2H3,(H2,8,9,16). The highest BCUT2D eigenvalue weighted by molar-refractivity contribution is 5.74. The third kappa shape index (κ3) is 3.47. The number of hydrogen-bond donors (Lipinski definition) is 2. The molecule has 0 radical (unpaired) electrons. The maximum Gasteiger partial charge on any atom is 0.719 e. The van der Waals surface area contributed by atoms with E-state index in [0.717, 1.165) is 0 Å². The minimum atomic E-state index is -4.17. The molecule has 21 nitrogen and oxygen atoms in total. The number of amides is 2. The Balaban J connectivity index is 5.81. The lowest BCUT2D eigenvalue weighted by molar-refractivity contribution is -0.972. The Morgan fingerprint density at radius 1 is 0.607 bits per heavy atom. The molecule has 0 saturated heterocycles. The van der Waals surface area contributed by atoms with Gasteiger partial charge in [0.2, 0.25) is 0 Å². The largest absolute Gasteiger partial charge is 0.719 e. The molecule has 0 fully saturated rings. The molecule has 0 aliphatic heterocycles. The maximum atomic E-state index is 11.7. The summed E-state index contributed by atoms with van der Waals surface area (Å²) >= 11 is 0. The molecule has 0 aromatic rings. The number of hydrogen-bond acceptors (Lipinski definition) is 13. The number of nitro groups is 6. The molecule has 2 N–H and O–H groups in total. The van der Waals surface area contributed by atoms with E-state index in [9.17, 15) is 65.5 Å². The van der Waals surface area contributed by atoms with Gasteiger partial charge in [0.15, 0.2) is 29.5 Å². The quantitative estimate of drug-likeness (QED) is 0.223. The van der Waals surface area contributed by atoms with Crippen molar-refractivity contribution in [3.8, 4) is 0 Å². The normalized spacial score (nSPS) is 13.5. The average Bonchev–Trinajstić information content (AvgIpc) is 2.44. The van der Waals surface area contributed by atoms with Gasteiger partial charge in [-0.1, -0.05) is 0 Å². The molecule has 0 aromatic heterocycles. The molecule has 156 valence electrons. The Bertz CT molecular complexity index is 617. The fourth-order valence-corrected chi connectivity index (χ4v) is 1.98. The van der Waals surface area contributed by atoms with E-state index < -0.39 is 59.2 Å². The van der Waals surface area contributed by atoms with Crippen molar-refractivity contribution in [3.63, 3.8) is 0 Å². The van der Waals surface area contributed by atoms with E-state index in [4.69, 9.17) is 0 Å². The van der Waals surface area contributed by atoms with E-state index in [1.54, 1.807) is 0 Å². The Labute approximate surface area is 150 Å². The van der Waals surface area contributed by atoms with Gasteiger partial charge in [0.25, 0.3) is 12.1 Å².